The van der Waals surface area contributed by atoms with Crippen molar-refractivity contribution < 1.29 is 17.9 Å². The lowest BCUT2D eigenvalue weighted by Crippen LogP contribution is -2.40. The van der Waals surface area contributed by atoms with Crippen molar-refractivity contribution in [2.24, 2.45) is 0 Å². The summed E-state index contributed by atoms with van der Waals surface area (Å²) in [5, 5.41) is 3.33. The average molecular weight is 395 g/mol. The topological polar surface area (TPSA) is 75.7 Å². The Labute approximate surface area is 157 Å². The molecule has 1 saturated heterocycles. The minimum absolute atomic E-state index is 0.102. The van der Waals surface area contributed by atoms with E-state index < -0.39 is 10.0 Å². The molecule has 3 rings (SSSR count). The molecule has 2 aromatic carbocycles. The Morgan fingerprint density at radius 1 is 1.12 bits per heavy atom. The van der Waals surface area contributed by atoms with Crippen LogP contribution in [0.15, 0.2) is 53.4 Å². The van der Waals surface area contributed by atoms with Gasteiger partial charge in [-0.2, -0.15) is 4.31 Å². The molecule has 2 aromatic rings. The summed E-state index contributed by atoms with van der Waals surface area (Å²) < 4.78 is 32.0. The van der Waals surface area contributed by atoms with Gasteiger partial charge >= 0.3 is 0 Å². The highest BCUT2D eigenvalue weighted by molar-refractivity contribution is 7.89. The zero-order valence-electron chi connectivity index (χ0n) is 14.0. The molecule has 8 heteroatoms. The molecule has 1 heterocycles. The summed E-state index contributed by atoms with van der Waals surface area (Å²) in [5.74, 6) is -0.357. The first-order valence-electron chi connectivity index (χ1n) is 8.18. The first kappa shape index (κ1) is 18.8. The maximum atomic E-state index is 12.7. The number of nitrogens with zero attached hydrogens (tertiary/aromatic N) is 1. The van der Waals surface area contributed by atoms with Crippen LogP contribution in [0.25, 0.3) is 0 Å². The number of benzene rings is 2. The van der Waals surface area contributed by atoms with Crippen LogP contribution in [0.4, 0.5) is 0 Å². The van der Waals surface area contributed by atoms with Crippen LogP contribution in [0.1, 0.15) is 15.9 Å². The van der Waals surface area contributed by atoms with Crippen LogP contribution < -0.4 is 5.32 Å². The van der Waals surface area contributed by atoms with E-state index in [-0.39, 0.29) is 22.9 Å². The molecule has 1 N–H and O–H groups in total. The number of morpholine rings is 1. The fraction of sp³-hybridized carbons (Fsp3) is 0.278. The average Bonchev–Trinajstić information content (AvgIpc) is 2.68. The Bertz CT molecular complexity index is 896. The number of hydrogen-bond acceptors (Lipinski definition) is 4. The molecule has 0 atom stereocenters. The van der Waals surface area contributed by atoms with Gasteiger partial charge in [0.25, 0.3) is 5.91 Å². The van der Waals surface area contributed by atoms with Crippen molar-refractivity contribution in [2.75, 3.05) is 26.3 Å². The standard InChI is InChI=1S/C18H19ClN2O4S/c19-17-7-2-1-4-15(17)13-20-18(22)14-5-3-6-16(12-14)26(23,24)21-8-10-25-11-9-21/h1-7,12H,8-11,13H2,(H,20,22). The molecule has 1 fully saturated rings. The molecule has 0 bridgehead atoms. The van der Waals surface area contributed by atoms with Crippen LogP contribution in [0.2, 0.25) is 5.02 Å². The van der Waals surface area contributed by atoms with Crippen molar-refractivity contribution in [3.05, 3.63) is 64.7 Å². The smallest absolute Gasteiger partial charge is 0.251 e. The number of hydrogen-bond donors (Lipinski definition) is 1. The van der Waals surface area contributed by atoms with Gasteiger partial charge in [0.05, 0.1) is 18.1 Å². The Morgan fingerprint density at radius 2 is 1.85 bits per heavy atom. The van der Waals surface area contributed by atoms with Gasteiger partial charge in [0.1, 0.15) is 0 Å². The second kappa shape index (κ2) is 8.18. The highest BCUT2D eigenvalue weighted by Crippen LogP contribution is 2.19. The molecule has 1 aliphatic heterocycles. The largest absolute Gasteiger partial charge is 0.379 e. The number of ether oxygens (including phenoxy) is 1. The van der Waals surface area contributed by atoms with Crippen LogP contribution in [-0.4, -0.2) is 44.9 Å². The van der Waals surface area contributed by atoms with Crippen LogP contribution in [0.5, 0.6) is 0 Å². The molecule has 26 heavy (non-hydrogen) atoms. The molecule has 0 aliphatic carbocycles. The van der Waals surface area contributed by atoms with Gasteiger partial charge in [-0.3, -0.25) is 4.79 Å². The number of carbonyl (C=O) groups excluding carboxylic acids is 1. The van der Waals surface area contributed by atoms with Crippen molar-refractivity contribution in [1.29, 1.82) is 0 Å². The first-order valence-corrected chi connectivity index (χ1v) is 10.00. The van der Waals surface area contributed by atoms with Crippen LogP contribution in [-0.2, 0) is 21.3 Å². The second-order valence-electron chi connectivity index (χ2n) is 5.82. The summed E-state index contributed by atoms with van der Waals surface area (Å²) in [5.41, 5.74) is 1.07. The Hall–Kier alpha value is -1.93. The van der Waals surface area contributed by atoms with Crippen molar-refractivity contribution in [3.8, 4) is 0 Å². The molecule has 1 aliphatic rings. The summed E-state index contributed by atoms with van der Waals surface area (Å²) in [6.07, 6.45) is 0. The highest BCUT2D eigenvalue weighted by atomic mass is 35.5. The zero-order chi connectivity index (χ0) is 18.6. The van der Waals surface area contributed by atoms with Crippen molar-refractivity contribution in [3.63, 3.8) is 0 Å². The first-order chi connectivity index (χ1) is 12.5. The molecular weight excluding hydrogens is 376 g/mol. The van der Waals surface area contributed by atoms with E-state index in [1.54, 1.807) is 18.2 Å². The summed E-state index contributed by atoms with van der Waals surface area (Å²) in [6, 6.07) is 13.3. The number of sulfonamides is 1. The minimum atomic E-state index is -3.64. The van der Waals surface area contributed by atoms with E-state index >= 15 is 0 Å². The van der Waals surface area contributed by atoms with E-state index in [2.05, 4.69) is 5.32 Å². The van der Waals surface area contributed by atoms with E-state index in [0.717, 1.165) is 5.56 Å². The summed E-state index contributed by atoms with van der Waals surface area (Å²) in [6.45, 7) is 1.63. The summed E-state index contributed by atoms with van der Waals surface area (Å²) >= 11 is 6.08. The molecule has 0 spiro atoms. The number of rotatable bonds is 5. The monoisotopic (exact) mass is 394 g/mol. The molecule has 6 nitrogen and oxygen atoms in total. The van der Waals surface area contributed by atoms with Crippen LogP contribution in [0.3, 0.4) is 0 Å². The van der Waals surface area contributed by atoms with E-state index in [9.17, 15) is 13.2 Å². The predicted molar refractivity (Wildman–Crippen MR) is 98.6 cm³/mol. The van der Waals surface area contributed by atoms with E-state index in [0.29, 0.717) is 31.3 Å². The van der Waals surface area contributed by atoms with Crippen LogP contribution >= 0.6 is 11.6 Å². The van der Waals surface area contributed by atoms with E-state index in [1.807, 2.05) is 18.2 Å². The molecule has 0 radical (unpaired) electrons. The second-order valence-corrected chi connectivity index (χ2v) is 8.16. The Kier molecular flexibility index (Phi) is 5.93. The molecule has 1 amide bonds. The number of carbonyl (C=O) groups is 1. The normalized spacial score (nSPS) is 15.6. The number of halogens is 1. The Morgan fingerprint density at radius 3 is 2.58 bits per heavy atom. The van der Waals surface area contributed by atoms with Gasteiger partial charge in [0.2, 0.25) is 10.0 Å². The van der Waals surface area contributed by atoms with Gasteiger partial charge in [0.15, 0.2) is 0 Å². The van der Waals surface area contributed by atoms with Gasteiger partial charge in [-0.25, -0.2) is 8.42 Å². The number of nitrogens with one attached hydrogen (secondary N) is 1. The van der Waals surface area contributed by atoms with Gasteiger partial charge in [-0.05, 0) is 29.8 Å². The quantitative estimate of drug-likeness (QED) is 0.844. The zero-order valence-corrected chi connectivity index (χ0v) is 15.6. The maximum Gasteiger partial charge on any atom is 0.251 e. The molecule has 0 unspecified atom stereocenters. The molecular formula is C18H19ClN2O4S. The minimum Gasteiger partial charge on any atom is -0.379 e. The lowest BCUT2D eigenvalue weighted by molar-refractivity contribution is 0.0730. The van der Waals surface area contributed by atoms with Crippen LogP contribution in [0, 0.1) is 0 Å². The van der Waals surface area contributed by atoms with Gasteiger partial charge in [-0.15, -0.1) is 0 Å². The lowest BCUT2D eigenvalue weighted by atomic mass is 10.2. The third kappa shape index (κ3) is 4.24. The third-order valence-electron chi connectivity index (χ3n) is 4.10. The van der Waals surface area contributed by atoms with Gasteiger partial charge in [0, 0.05) is 30.2 Å². The lowest BCUT2D eigenvalue weighted by Gasteiger charge is -2.26. The number of amides is 1. The summed E-state index contributed by atoms with van der Waals surface area (Å²) in [7, 11) is -3.64. The van der Waals surface area contributed by atoms with Crippen molar-refractivity contribution in [1.82, 2.24) is 9.62 Å². The molecule has 0 aromatic heterocycles. The fourth-order valence-corrected chi connectivity index (χ4v) is 4.31. The SMILES string of the molecule is O=C(NCc1ccccc1Cl)c1cccc(S(=O)(=O)N2CCOCC2)c1. The van der Waals surface area contributed by atoms with E-state index in [1.165, 1.54) is 16.4 Å². The van der Waals surface area contributed by atoms with Gasteiger partial charge in [-0.1, -0.05) is 35.9 Å². The highest BCUT2D eigenvalue weighted by Gasteiger charge is 2.26. The predicted octanol–water partition coefficient (Wildman–Crippen LogP) is 2.29. The molecule has 138 valence electrons. The fourth-order valence-electron chi connectivity index (χ4n) is 2.65. The Balaban J connectivity index is 1.74. The summed E-state index contributed by atoms with van der Waals surface area (Å²) in [4.78, 5) is 12.5. The van der Waals surface area contributed by atoms with Crippen molar-refractivity contribution in [2.45, 2.75) is 11.4 Å². The van der Waals surface area contributed by atoms with Crippen molar-refractivity contribution >= 4 is 27.5 Å². The molecule has 0 saturated carbocycles. The third-order valence-corrected chi connectivity index (χ3v) is 6.36. The van der Waals surface area contributed by atoms with Gasteiger partial charge < -0.3 is 10.1 Å². The van der Waals surface area contributed by atoms with E-state index in [4.69, 9.17) is 16.3 Å². The maximum absolute atomic E-state index is 12.7.